The molecule has 3 aromatic rings. The normalized spacial score (nSPS) is 18.2. The van der Waals surface area contributed by atoms with Gasteiger partial charge in [0.1, 0.15) is 5.82 Å². The number of benzene rings is 2. The zero-order chi connectivity index (χ0) is 20.4. The molecule has 1 amide bonds. The summed E-state index contributed by atoms with van der Waals surface area (Å²) in [4.78, 5) is 29.9. The fraction of sp³-hybridized carbons (Fsp3) is 0.0870. The van der Waals surface area contributed by atoms with E-state index in [2.05, 4.69) is 4.98 Å². The van der Waals surface area contributed by atoms with Crippen LogP contribution in [-0.4, -0.2) is 16.6 Å². The minimum atomic E-state index is -0.960. The maximum Gasteiger partial charge on any atom is 0.295 e. The van der Waals surface area contributed by atoms with E-state index in [1.807, 2.05) is 0 Å². The Bertz CT molecular complexity index is 1100. The second kappa shape index (κ2) is 7.67. The van der Waals surface area contributed by atoms with Crippen molar-refractivity contribution in [3.8, 4) is 0 Å². The first kappa shape index (κ1) is 18.6. The van der Waals surface area contributed by atoms with Crippen molar-refractivity contribution >= 4 is 17.4 Å². The number of pyridine rings is 1. The summed E-state index contributed by atoms with van der Waals surface area (Å²) >= 11 is 0. The van der Waals surface area contributed by atoms with Crippen LogP contribution in [0.5, 0.6) is 0 Å². The van der Waals surface area contributed by atoms with Crippen molar-refractivity contribution in [1.29, 1.82) is 0 Å². The number of aromatic nitrogens is 1. The monoisotopic (exact) mass is 388 g/mol. The molecule has 1 aliphatic rings. The van der Waals surface area contributed by atoms with Gasteiger partial charge in [0.05, 0.1) is 12.6 Å². The number of H-pyrrole nitrogens is 1. The fourth-order valence-electron chi connectivity index (χ4n) is 3.53. The lowest BCUT2D eigenvalue weighted by Crippen LogP contribution is -2.29. The Morgan fingerprint density at radius 1 is 1.03 bits per heavy atom. The average Bonchev–Trinajstić information content (AvgIpc) is 2.99. The molecular formula is C23H17FN2O3. The Morgan fingerprint density at radius 2 is 1.83 bits per heavy atom. The molecule has 1 fully saturated rings. The van der Waals surface area contributed by atoms with Crippen LogP contribution in [0.2, 0.25) is 0 Å². The number of nitrogens with one attached hydrogen (secondary N) is 1. The van der Waals surface area contributed by atoms with Crippen molar-refractivity contribution in [2.75, 3.05) is 0 Å². The third kappa shape index (κ3) is 3.52. The third-order valence-corrected chi connectivity index (χ3v) is 4.85. The van der Waals surface area contributed by atoms with Gasteiger partial charge in [-0.05, 0) is 29.3 Å². The van der Waals surface area contributed by atoms with Gasteiger partial charge in [0.25, 0.3) is 5.91 Å². The first-order valence-corrected chi connectivity index (χ1v) is 9.08. The summed E-state index contributed by atoms with van der Waals surface area (Å²) in [7, 11) is 0. The Balaban J connectivity index is 1.87. The molecule has 5 nitrogen and oxygen atoms in total. The van der Waals surface area contributed by atoms with Crippen LogP contribution in [0.25, 0.3) is 5.76 Å². The summed E-state index contributed by atoms with van der Waals surface area (Å²) in [5.41, 5.74) is 1.28. The fourth-order valence-corrected chi connectivity index (χ4v) is 3.53. The van der Waals surface area contributed by atoms with E-state index in [0.29, 0.717) is 11.1 Å². The predicted octanol–water partition coefficient (Wildman–Crippen LogP) is 2.06. The second-order valence-corrected chi connectivity index (χ2v) is 6.74. The van der Waals surface area contributed by atoms with Crippen LogP contribution in [0.3, 0.4) is 0 Å². The number of amides is 1. The minimum absolute atomic E-state index is 0.106. The van der Waals surface area contributed by atoms with Gasteiger partial charge in [0, 0.05) is 17.2 Å². The maximum atomic E-state index is 13.9. The molecule has 1 aromatic heterocycles. The van der Waals surface area contributed by atoms with Crippen molar-refractivity contribution in [2.24, 2.45) is 0 Å². The quantitative estimate of drug-likeness (QED) is 0.390. The molecule has 2 aromatic carbocycles. The lowest BCUT2D eigenvalue weighted by molar-refractivity contribution is -0.378. The highest BCUT2D eigenvalue weighted by Crippen LogP contribution is 2.39. The van der Waals surface area contributed by atoms with Gasteiger partial charge in [-0.1, -0.05) is 48.2 Å². The Hall–Kier alpha value is -3.80. The van der Waals surface area contributed by atoms with Crippen molar-refractivity contribution in [2.45, 2.75) is 12.6 Å². The summed E-state index contributed by atoms with van der Waals surface area (Å²) in [6.45, 7) is 0.106. The molecule has 2 heterocycles. The Kier molecular flexibility index (Phi) is 4.91. The molecule has 1 N–H and O–H groups in total. The number of rotatable bonds is 4. The number of carbonyl (C=O) groups is 2. The van der Waals surface area contributed by atoms with E-state index >= 15 is 0 Å². The second-order valence-electron chi connectivity index (χ2n) is 6.74. The van der Waals surface area contributed by atoms with Gasteiger partial charge in [-0.25, -0.2) is 9.37 Å². The van der Waals surface area contributed by atoms with E-state index in [4.69, 9.17) is 0 Å². The third-order valence-electron chi connectivity index (χ3n) is 4.85. The predicted molar refractivity (Wildman–Crippen MR) is 101 cm³/mol. The number of halogens is 1. The molecule has 1 saturated heterocycles. The van der Waals surface area contributed by atoms with E-state index < -0.39 is 29.3 Å². The molecule has 1 atom stereocenters. The summed E-state index contributed by atoms with van der Waals surface area (Å²) < 4.78 is 13.9. The zero-order valence-corrected chi connectivity index (χ0v) is 15.3. The number of likely N-dealkylation sites (tertiary alicyclic amines) is 1. The Morgan fingerprint density at radius 3 is 2.52 bits per heavy atom. The van der Waals surface area contributed by atoms with Gasteiger partial charge in [0.15, 0.2) is 12.4 Å². The topological polar surface area (TPSA) is 74.6 Å². The van der Waals surface area contributed by atoms with Crippen LogP contribution < -0.4 is 10.1 Å². The van der Waals surface area contributed by atoms with Crippen molar-refractivity contribution in [1.82, 2.24) is 4.90 Å². The van der Waals surface area contributed by atoms with Crippen molar-refractivity contribution in [3.05, 3.63) is 107 Å². The van der Waals surface area contributed by atoms with E-state index in [0.717, 1.165) is 5.56 Å². The van der Waals surface area contributed by atoms with E-state index in [1.165, 1.54) is 23.1 Å². The van der Waals surface area contributed by atoms with Gasteiger partial charge >= 0.3 is 0 Å². The van der Waals surface area contributed by atoms with Crippen LogP contribution in [0.4, 0.5) is 4.39 Å². The largest absolute Gasteiger partial charge is 0.872 e. The van der Waals surface area contributed by atoms with Crippen LogP contribution >= 0.6 is 0 Å². The summed E-state index contributed by atoms with van der Waals surface area (Å²) in [6.07, 6.45) is 3.43. The number of hydrogen-bond acceptors (Lipinski definition) is 3. The lowest BCUT2D eigenvalue weighted by atomic mass is 9.95. The molecule has 4 rings (SSSR count). The Labute approximate surface area is 166 Å². The first-order valence-electron chi connectivity index (χ1n) is 9.08. The van der Waals surface area contributed by atoms with Crippen LogP contribution in [0.15, 0.2) is 84.7 Å². The van der Waals surface area contributed by atoms with Gasteiger partial charge in [0.2, 0.25) is 5.78 Å². The lowest BCUT2D eigenvalue weighted by Gasteiger charge is -2.27. The number of aromatic amines is 1. The van der Waals surface area contributed by atoms with E-state index in [1.54, 1.807) is 60.9 Å². The molecule has 6 heteroatoms. The van der Waals surface area contributed by atoms with Crippen LogP contribution in [0, 0.1) is 5.82 Å². The molecule has 1 aliphatic heterocycles. The highest BCUT2D eigenvalue weighted by atomic mass is 19.1. The van der Waals surface area contributed by atoms with Gasteiger partial charge < -0.3 is 10.0 Å². The molecule has 144 valence electrons. The molecule has 0 aliphatic carbocycles. The molecule has 0 bridgehead atoms. The summed E-state index contributed by atoms with van der Waals surface area (Å²) in [6, 6.07) is 16.5. The molecule has 29 heavy (non-hydrogen) atoms. The molecule has 0 radical (unpaired) electrons. The average molecular weight is 388 g/mol. The van der Waals surface area contributed by atoms with Crippen molar-refractivity contribution in [3.63, 3.8) is 0 Å². The summed E-state index contributed by atoms with van der Waals surface area (Å²) in [5.74, 6) is -2.66. The van der Waals surface area contributed by atoms with Crippen molar-refractivity contribution < 1.29 is 24.1 Å². The zero-order valence-electron chi connectivity index (χ0n) is 15.3. The number of carbonyl (C=O) groups excluding carboxylic acids is 2. The van der Waals surface area contributed by atoms with Crippen LogP contribution in [-0.2, 0) is 16.1 Å². The number of nitrogens with zero attached hydrogens (tertiary/aromatic N) is 1. The number of hydrogen-bond donors (Lipinski definition) is 0. The van der Waals surface area contributed by atoms with Gasteiger partial charge in [-0.3, -0.25) is 9.59 Å². The SMILES string of the molecule is O=C1C(=O)N(Cc2ccc[nH+]c2)C(c2cccc(F)c2)/C1=C(\[O-])c1ccccc1. The van der Waals surface area contributed by atoms with Gasteiger partial charge in [-0.2, -0.15) is 0 Å². The maximum absolute atomic E-state index is 13.9. The highest BCUT2D eigenvalue weighted by Gasteiger charge is 2.44. The van der Waals surface area contributed by atoms with E-state index in [9.17, 15) is 19.1 Å². The number of ketones is 1. The first-order chi connectivity index (χ1) is 14.1. The standard InChI is InChI=1S/C23H17FN2O3/c24-18-10-4-9-17(12-18)20-19(21(27)16-7-2-1-3-8-16)22(28)23(29)26(20)14-15-6-5-11-25-13-15/h1-13,20,27H,14H2/b21-19+. The molecule has 0 saturated carbocycles. The summed E-state index contributed by atoms with van der Waals surface area (Å²) in [5, 5.41) is 13.1. The molecule has 0 spiro atoms. The van der Waals surface area contributed by atoms with E-state index in [-0.39, 0.29) is 12.1 Å². The molecular weight excluding hydrogens is 371 g/mol. The minimum Gasteiger partial charge on any atom is -0.872 e. The highest BCUT2D eigenvalue weighted by molar-refractivity contribution is 6.46. The smallest absolute Gasteiger partial charge is 0.295 e. The molecule has 1 unspecified atom stereocenters. The van der Waals surface area contributed by atoms with Crippen LogP contribution in [0.1, 0.15) is 22.7 Å². The number of Topliss-reactive ketones (excluding diaryl/α,β-unsaturated/α-hetero) is 1. The van der Waals surface area contributed by atoms with Gasteiger partial charge in [-0.15, -0.1) is 0 Å².